The standard InChI is InChI=1S/C68H37NO3/c1-2-16-38(17-3-1)69-57-34-47-55(67(49-24-10-4-18-39(49)40-19-5-11-25-50(40)67)53-32-30-45-43-22-8-14-28-59(43)71-65(45)63(47)53)36-61(57)70-62-37-56-48(35-58(62)69)64-54(33-31-46-44-23-9-15-29-60(44)72-66(46)64)68(56)51-26-12-6-20-41(51)42-21-7-13-27-52(42)68/h1-37H. The maximum absolute atomic E-state index is 7.62. The van der Waals surface area contributed by atoms with Gasteiger partial charge in [-0.05, 0) is 126 Å². The number of benzene rings is 11. The molecule has 72 heavy (non-hydrogen) atoms. The summed E-state index contributed by atoms with van der Waals surface area (Å²) >= 11 is 0. The Morgan fingerprint density at radius 2 is 0.681 bits per heavy atom. The molecule has 2 spiro atoms. The summed E-state index contributed by atoms with van der Waals surface area (Å²) in [5.74, 6) is 1.60. The first kappa shape index (κ1) is 37.5. The maximum Gasteiger partial charge on any atom is 0.151 e. The second-order valence-electron chi connectivity index (χ2n) is 20.1. The Morgan fingerprint density at radius 3 is 1.12 bits per heavy atom. The lowest BCUT2D eigenvalue weighted by molar-refractivity contribution is 0.474. The topological polar surface area (TPSA) is 38.8 Å². The molecule has 0 unspecified atom stereocenters. The summed E-state index contributed by atoms with van der Waals surface area (Å²) in [6, 6.07) is 82.4. The molecule has 0 N–H and O–H groups in total. The van der Waals surface area contributed by atoms with E-state index >= 15 is 0 Å². The van der Waals surface area contributed by atoms with E-state index in [1.54, 1.807) is 0 Å². The average molecular weight is 916 g/mol. The molecule has 4 nitrogen and oxygen atoms in total. The zero-order valence-electron chi connectivity index (χ0n) is 38.5. The summed E-state index contributed by atoms with van der Waals surface area (Å²) in [5.41, 5.74) is 24.7. The molecule has 0 saturated carbocycles. The number of nitrogens with zero attached hydrogens (tertiary/aromatic N) is 1. The molecule has 11 aromatic carbocycles. The van der Waals surface area contributed by atoms with E-state index in [1.165, 1.54) is 66.8 Å². The molecule has 0 bridgehead atoms. The predicted molar refractivity (Wildman–Crippen MR) is 288 cm³/mol. The summed E-state index contributed by atoms with van der Waals surface area (Å²) in [7, 11) is 0. The van der Waals surface area contributed by atoms with Gasteiger partial charge in [-0.15, -0.1) is 0 Å². The van der Waals surface area contributed by atoms with Gasteiger partial charge in [-0.1, -0.05) is 176 Å². The summed E-state index contributed by atoms with van der Waals surface area (Å²) in [6.07, 6.45) is 0. The largest absolute Gasteiger partial charge is 0.455 e. The Morgan fingerprint density at radius 1 is 0.292 bits per heavy atom. The van der Waals surface area contributed by atoms with Gasteiger partial charge in [-0.3, -0.25) is 0 Å². The van der Waals surface area contributed by atoms with Crippen LogP contribution in [-0.2, 0) is 10.8 Å². The molecule has 0 amide bonds. The number of para-hydroxylation sites is 3. The van der Waals surface area contributed by atoms with Gasteiger partial charge in [0.25, 0.3) is 0 Å². The first-order chi connectivity index (χ1) is 35.7. The van der Waals surface area contributed by atoms with Crippen molar-refractivity contribution in [1.29, 1.82) is 0 Å². The zero-order valence-corrected chi connectivity index (χ0v) is 38.5. The van der Waals surface area contributed by atoms with Crippen LogP contribution >= 0.6 is 0 Å². The second kappa shape index (κ2) is 12.9. The fraction of sp³-hybridized carbons (Fsp3) is 0.0294. The van der Waals surface area contributed by atoms with Crippen LogP contribution in [0.1, 0.15) is 44.5 Å². The third-order valence-electron chi connectivity index (χ3n) is 17.1. The number of fused-ring (bicyclic) bond motifs is 30. The van der Waals surface area contributed by atoms with Crippen molar-refractivity contribution in [2.24, 2.45) is 0 Å². The molecule has 13 aromatic rings. The molecule has 18 rings (SSSR count). The van der Waals surface area contributed by atoms with E-state index in [1.807, 2.05) is 0 Å². The third-order valence-corrected chi connectivity index (χ3v) is 17.1. The first-order valence-electron chi connectivity index (χ1n) is 24.9. The highest BCUT2D eigenvalue weighted by atomic mass is 16.5. The number of anilines is 3. The molecule has 4 heteroatoms. The van der Waals surface area contributed by atoms with Gasteiger partial charge in [0.15, 0.2) is 11.5 Å². The molecule has 1 aliphatic heterocycles. The number of hydrogen-bond donors (Lipinski definition) is 0. The van der Waals surface area contributed by atoms with Gasteiger partial charge in [-0.2, -0.15) is 0 Å². The van der Waals surface area contributed by atoms with E-state index in [2.05, 4.69) is 229 Å². The monoisotopic (exact) mass is 915 g/mol. The molecule has 5 aliphatic rings. The van der Waals surface area contributed by atoms with Gasteiger partial charge in [0.05, 0.1) is 22.2 Å². The molecule has 2 aromatic heterocycles. The van der Waals surface area contributed by atoms with Crippen LogP contribution in [0.25, 0.3) is 88.4 Å². The summed E-state index contributed by atoms with van der Waals surface area (Å²) in [4.78, 5) is 2.43. The molecule has 0 radical (unpaired) electrons. The van der Waals surface area contributed by atoms with Crippen molar-refractivity contribution in [1.82, 2.24) is 0 Å². The minimum Gasteiger partial charge on any atom is -0.455 e. The van der Waals surface area contributed by atoms with Gasteiger partial charge >= 0.3 is 0 Å². The molecule has 0 saturated heterocycles. The number of ether oxygens (including phenoxy) is 1. The summed E-state index contributed by atoms with van der Waals surface area (Å²) < 4.78 is 21.7. The Bertz CT molecular complexity index is 4260. The van der Waals surface area contributed by atoms with Gasteiger partial charge in [0.1, 0.15) is 22.3 Å². The van der Waals surface area contributed by atoms with Gasteiger partial charge < -0.3 is 18.5 Å². The smallest absolute Gasteiger partial charge is 0.151 e. The maximum atomic E-state index is 7.62. The van der Waals surface area contributed by atoms with E-state index < -0.39 is 10.8 Å². The molecular formula is C68H37NO3. The van der Waals surface area contributed by atoms with E-state index in [-0.39, 0.29) is 0 Å². The van der Waals surface area contributed by atoms with E-state index in [9.17, 15) is 0 Å². The fourth-order valence-electron chi connectivity index (χ4n) is 14.4. The first-order valence-corrected chi connectivity index (χ1v) is 24.9. The minimum absolute atomic E-state index is 0.625. The minimum atomic E-state index is -0.625. The van der Waals surface area contributed by atoms with Crippen molar-refractivity contribution in [2.75, 3.05) is 4.90 Å². The summed E-state index contributed by atoms with van der Waals surface area (Å²) in [5, 5.41) is 4.45. The van der Waals surface area contributed by atoms with Gasteiger partial charge in [0, 0.05) is 38.4 Å². The quantitative estimate of drug-likeness (QED) is 0.164. The van der Waals surface area contributed by atoms with Crippen LogP contribution < -0.4 is 9.64 Å². The van der Waals surface area contributed by atoms with E-state index in [0.717, 1.165) is 94.7 Å². The zero-order chi connectivity index (χ0) is 46.6. The molecule has 0 atom stereocenters. The van der Waals surface area contributed by atoms with Crippen molar-refractivity contribution < 1.29 is 13.6 Å². The normalized spacial score (nSPS) is 15.0. The van der Waals surface area contributed by atoms with Crippen molar-refractivity contribution >= 4 is 60.9 Å². The molecule has 3 heterocycles. The Kier molecular flexibility index (Phi) is 6.71. The van der Waals surface area contributed by atoms with Crippen LogP contribution in [0, 0.1) is 0 Å². The highest BCUT2D eigenvalue weighted by molar-refractivity contribution is 6.16. The van der Waals surface area contributed by atoms with Crippen LogP contribution in [0.3, 0.4) is 0 Å². The fourth-order valence-corrected chi connectivity index (χ4v) is 14.4. The Labute approximate surface area is 413 Å². The lowest BCUT2D eigenvalue weighted by Crippen LogP contribution is -2.27. The van der Waals surface area contributed by atoms with E-state index in [0.29, 0.717) is 0 Å². The van der Waals surface area contributed by atoms with Crippen LogP contribution in [0.5, 0.6) is 11.5 Å². The lowest BCUT2D eigenvalue weighted by Gasteiger charge is -2.36. The average Bonchev–Trinajstić information content (AvgIpc) is 4.27. The van der Waals surface area contributed by atoms with E-state index in [4.69, 9.17) is 13.6 Å². The second-order valence-corrected chi connectivity index (χ2v) is 20.1. The summed E-state index contributed by atoms with van der Waals surface area (Å²) in [6.45, 7) is 0. The molecule has 4 aliphatic carbocycles. The van der Waals surface area contributed by atoms with Crippen molar-refractivity contribution in [2.45, 2.75) is 10.8 Å². The number of furan rings is 2. The third kappa shape index (κ3) is 4.20. The molecular weight excluding hydrogens is 879 g/mol. The Hall–Kier alpha value is -9.38. The van der Waals surface area contributed by atoms with Gasteiger partial charge in [-0.25, -0.2) is 0 Å². The van der Waals surface area contributed by atoms with Crippen molar-refractivity contribution in [3.63, 3.8) is 0 Å². The van der Waals surface area contributed by atoms with Crippen LogP contribution in [-0.4, -0.2) is 0 Å². The van der Waals surface area contributed by atoms with Gasteiger partial charge in [0.2, 0.25) is 0 Å². The van der Waals surface area contributed by atoms with Crippen LogP contribution in [0.15, 0.2) is 233 Å². The van der Waals surface area contributed by atoms with Crippen LogP contribution in [0.4, 0.5) is 17.1 Å². The van der Waals surface area contributed by atoms with Crippen molar-refractivity contribution in [3.05, 3.63) is 269 Å². The Balaban J connectivity index is 0.963. The molecule has 332 valence electrons. The highest BCUT2D eigenvalue weighted by Gasteiger charge is 2.55. The van der Waals surface area contributed by atoms with Crippen molar-refractivity contribution in [3.8, 4) is 56.0 Å². The SMILES string of the molecule is c1ccc(N2c3cc4c(cc3Oc3cc5c(cc32)-c2c(ccc3c2oc2ccccc23)C52c3ccccc3-c3ccccc32)C2(c3ccccc3-c3ccccc32)c2ccc3c(oc5ccccc53)c2-4)cc1. The predicted octanol–water partition coefficient (Wildman–Crippen LogP) is 17.7. The number of rotatable bonds is 1. The van der Waals surface area contributed by atoms with Crippen LogP contribution in [0.2, 0.25) is 0 Å². The number of hydrogen-bond acceptors (Lipinski definition) is 4. The lowest BCUT2D eigenvalue weighted by atomic mass is 9.70. The highest BCUT2D eigenvalue weighted by Crippen LogP contribution is 2.69. The molecule has 0 fully saturated rings.